The smallest absolute Gasteiger partial charge is 0.246 e. The summed E-state index contributed by atoms with van der Waals surface area (Å²) in [5, 5.41) is 4.30. The molecule has 0 aromatic heterocycles. The summed E-state index contributed by atoms with van der Waals surface area (Å²) >= 11 is 0. The summed E-state index contributed by atoms with van der Waals surface area (Å²) in [7, 11) is 0. The predicted octanol–water partition coefficient (Wildman–Crippen LogP) is 5.84. The molecule has 1 amide bonds. The fraction of sp³-hybridized carbons (Fsp3) is 0.692. The van der Waals surface area contributed by atoms with Gasteiger partial charge in [-0.15, -0.1) is 0 Å². The number of carbonyl (C=O) groups is 1. The van der Waals surface area contributed by atoms with E-state index < -0.39 is 0 Å². The molecule has 0 atom stereocenters. The van der Waals surface area contributed by atoms with Gasteiger partial charge in [0.2, 0.25) is 5.91 Å². The van der Waals surface area contributed by atoms with E-state index in [1.807, 2.05) is 24.3 Å². The van der Waals surface area contributed by atoms with Crippen molar-refractivity contribution in [1.29, 1.82) is 0 Å². The monoisotopic (exact) mass is 408 g/mol. The molecule has 1 N–H and O–H groups in total. The van der Waals surface area contributed by atoms with Gasteiger partial charge in [0, 0.05) is 0 Å². The molecule has 0 heterocycles. The van der Waals surface area contributed by atoms with Crippen molar-refractivity contribution in [2.75, 3.05) is 0 Å². The van der Waals surface area contributed by atoms with Crippen LogP contribution in [0.15, 0.2) is 29.4 Å². The summed E-state index contributed by atoms with van der Waals surface area (Å²) in [5.41, 5.74) is 3.73. The van der Waals surface area contributed by atoms with Crippen LogP contribution in [0.25, 0.3) is 0 Å². The van der Waals surface area contributed by atoms with Crippen molar-refractivity contribution in [1.82, 2.24) is 5.43 Å². The van der Waals surface area contributed by atoms with Gasteiger partial charge in [-0.1, -0.05) is 19.3 Å². The summed E-state index contributed by atoms with van der Waals surface area (Å²) in [6.45, 7) is 0. The standard InChI is InChI=1S/C26H36N2O2/c29-25(26-15-20-12-21(16-26)14-22(13-20)17-26)28-27-18-19-8-10-24(11-9-19)30-23-6-4-2-1-3-5-7-23/h8-11,18,20-23H,1-7,12-17H2,(H,28,29)/b27-18+. The summed E-state index contributed by atoms with van der Waals surface area (Å²) < 4.78 is 6.21. The molecule has 6 rings (SSSR count). The number of rotatable bonds is 5. The Morgan fingerprint density at radius 3 is 2.07 bits per heavy atom. The van der Waals surface area contributed by atoms with E-state index >= 15 is 0 Å². The third-order valence-electron chi connectivity index (χ3n) is 8.13. The normalized spacial score (nSPS) is 33.9. The van der Waals surface area contributed by atoms with Crippen LogP contribution in [0.5, 0.6) is 5.75 Å². The number of hydrogen-bond donors (Lipinski definition) is 1. The zero-order chi connectivity index (χ0) is 20.4. The molecule has 0 aliphatic heterocycles. The number of benzene rings is 1. The second-order valence-corrected chi connectivity index (χ2v) is 10.6. The lowest BCUT2D eigenvalue weighted by molar-refractivity contribution is -0.146. The molecule has 1 aromatic rings. The minimum Gasteiger partial charge on any atom is -0.490 e. The Morgan fingerprint density at radius 2 is 1.47 bits per heavy atom. The van der Waals surface area contributed by atoms with E-state index in [1.54, 1.807) is 6.21 Å². The average molecular weight is 409 g/mol. The van der Waals surface area contributed by atoms with Gasteiger partial charge < -0.3 is 4.74 Å². The molecule has 1 aromatic carbocycles. The molecule has 0 radical (unpaired) electrons. The fourth-order valence-electron chi connectivity index (χ4n) is 7.03. The van der Waals surface area contributed by atoms with Crippen molar-refractivity contribution < 1.29 is 9.53 Å². The number of amides is 1. The summed E-state index contributed by atoms with van der Waals surface area (Å²) in [4.78, 5) is 13.0. The van der Waals surface area contributed by atoms with Crippen LogP contribution in [0, 0.1) is 23.2 Å². The van der Waals surface area contributed by atoms with Crippen molar-refractivity contribution in [2.45, 2.75) is 89.6 Å². The first-order valence-corrected chi connectivity index (χ1v) is 12.3. The molecule has 0 saturated heterocycles. The highest BCUT2D eigenvalue weighted by Gasteiger charge is 2.54. The molecule has 4 nitrogen and oxygen atoms in total. The molecule has 30 heavy (non-hydrogen) atoms. The van der Waals surface area contributed by atoms with Crippen molar-refractivity contribution in [2.24, 2.45) is 28.3 Å². The van der Waals surface area contributed by atoms with Crippen molar-refractivity contribution in [3.63, 3.8) is 0 Å². The highest BCUT2D eigenvalue weighted by Crippen LogP contribution is 2.60. The molecule has 5 fully saturated rings. The van der Waals surface area contributed by atoms with Gasteiger partial charge in [-0.05, 0) is 112 Å². The van der Waals surface area contributed by atoms with Gasteiger partial charge in [0.25, 0.3) is 0 Å². The van der Waals surface area contributed by atoms with E-state index in [1.165, 1.54) is 64.2 Å². The molecular weight excluding hydrogens is 372 g/mol. The zero-order valence-corrected chi connectivity index (χ0v) is 18.2. The number of nitrogens with zero attached hydrogens (tertiary/aromatic N) is 1. The maximum Gasteiger partial charge on any atom is 0.246 e. The molecule has 5 saturated carbocycles. The Balaban J connectivity index is 1.14. The van der Waals surface area contributed by atoms with Crippen LogP contribution in [0.4, 0.5) is 0 Å². The van der Waals surface area contributed by atoms with Gasteiger partial charge in [-0.25, -0.2) is 5.43 Å². The molecule has 162 valence electrons. The largest absolute Gasteiger partial charge is 0.490 e. The van der Waals surface area contributed by atoms with Gasteiger partial charge in [0.15, 0.2) is 0 Å². The summed E-state index contributed by atoms with van der Waals surface area (Å²) in [5.74, 6) is 3.42. The molecule has 0 spiro atoms. The molecule has 4 heteroatoms. The van der Waals surface area contributed by atoms with Gasteiger partial charge in [-0.3, -0.25) is 4.79 Å². The molecular formula is C26H36N2O2. The van der Waals surface area contributed by atoms with E-state index in [2.05, 4.69) is 10.5 Å². The van der Waals surface area contributed by atoms with Crippen LogP contribution in [-0.4, -0.2) is 18.2 Å². The van der Waals surface area contributed by atoms with E-state index in [4.69, 9.17) is 4.74 Å². The minimum atomic E-state index is -0.138. The highest BCUT2D eigenvalue weighted by molar-refractivity contribution is 5.85. The van der Waals surface area contributed by atoms with Crippen molar-refractivity contribution >= 4 is 12.1 Å². The van der Waals surface area contributed by atoms with Crippen LogP contribution in [0.1, 0.15) is 89.0 Å². The van der Waals surface area contributed by atoms with E-state index in [-0.39, 0.29) is 11.3 Å². The van der Waals surface area contributed by atoms with Crippen LogP contribution in [-0.2, 0) is 4.79 Å². The lowest BCUT2D eigenvalue weighted by Crippen LogP contribution is -2.52. The second kappa shape index (κ2) is 8.72. The van der Waals surface area contributed by atoms with Gasteiger partial charge in [0.05, 0.1) is 17.7 Å². The quantitative estimate of drug-likeness (QED) is 0.491. The number of hydrazone groups is 1. The van der Waals surface area contributed by atoms with Crippen LogP contribution in [0.3, 0.4) is 0 Å². The Labute approximate surface area is 180 Å². The number of ether oxygens (including phenoxy) is 1. The SMILES string of the molecule is O=C(N/N=C/c1ccc(OC2CCCCCCC2)cc1)C12CC3CC(CC(C3)C1)C2. The van der Waals surface area contributed by atoms with E-state index in [0.29, 0.717) is 6.10 Å². The minimum absolute atomic E-state index is 0.138. The second-order valence-electron chi connectivity index (χ2n) is 10.6. The molecule has 4 bridgehead atoms. The topological polar surface area (TPSA) is 50.7 Å². The summed E-state index contributed by atoms with van der Waals surface area (Å²) in [6, 6.07) is 8.11. The number of carbonyl (C=O) groups excluding carboxylic acids is 1. The Bertz CT molecular complexity index is 726. The average Bonchev–Trinajstić information content (AvgIpc) is 2.70. The van der Waals surface area contributed by atoms with Crippen LogP contribution >= 0.6 is 0 Å². The van der Waals surface area contributed by atoms with Gasteiger partial charge >= 0.3 is 0 Å². The molecule has 5 aliphatic rings. The van der Waals surface area contributed by atoms with Gasteiger partial charge in [-0.2, -0.15) is 5.10 Å². The predicted molar refractivity (Wildman–Crippen MR) is 120 cm³/mol. The first-order chi connectivity index (χ1) is 14.7. The van der Waals surface area contributed by atoms with Crippen molar-refractivity contribution in [3.8, 4) is 5.75 Å². The van der Waals surface area contributed by atoms with Crippen molar-refractivity contribution in [3.05, 3.63) is 29.8 Å². The first-order valence-electron chi connectivity index (χ1n) is 12.3. The van der Waals surface area contributed by atoms with Crippen LogP contribution in [0.2, 0.25) is 0 Å². The number of hydrogen-bond acceptors (Lipinski definition) is 3. The lowest BCUT2D eigenvalue weighted by atomic mass is 9.49. The maximum atomic E-state index is 13.0. The van der Waals surface area contributed by atoms with Crippen LogP contribution < -0.4 is 10.2 Å². The Kier molecular flexibility index (Phi) is 5.84. The third kappa shape index (κ3) is 4.43. The molecule has 5 aliphatic carbocycles. The summed E-state index contributed by atoms with van der Waals surface area (Å²) in [6.07, 6.45) is 18.3. The first kappa shape index (κ1) is 20.1. The third-order valence-corrected chi connectivity index (χ3v) is 8.13. The zero-order valence-electron chi connectivity index (χ0n) is 18.2. The maximum absolute atomic E-state index is 13.0. The Hall–Kier alpha value is -1.84. The highest BCUT2D eigenvalue weighted by atomic mass is 16.5. The van der Waals surface area contributed by atoms with Gasteiger partial charge in [0.1, 0.15) is 5.75 Å². The van der Waals surface area contributed by atoms with E-state index in [0.717, 1.165) is 48.3 Å². The lowest BCUT2D eigenvalue weighted by Gasteiger charge is -2.55. The number of nitrogens with one attached hydrogen (secondary N) is 1. The van der Waals surface area contributed by atoms with E-state index in [9.17, 15) is 4.79 Å². The Morgan fingerprint density at radius 1 is 0.900 bits per heavy atom. The fourth-order valence-corrected chi connectivity index (χ4v) is 7.03. The molecule has 0 unspecified atom stereocenters.